The molecule has 0 bridgehead atoms. The van der Waals surface area contributed by atoms with Crippen LogP contribution in [0.1, 0.15) is 18.3 Å². The van der Waals surface area contributed by atoms with Crippen molar-refractivity contribution in [2.75, 3.05) is 7.11 Å². The first-order valence-electron chi connectivity index (χ1n) is 5.94. The van der Waals surface area contributed by atoms with Crippen LogP contribution in [0.25, 0.3) is 11.3 Å². The number of benzene rings is 1. The van der Waals surface area contributed by atoms with Gasteiger partial charge in [-0.3, -0.25) is 0 Å². The van der Waals surface area contributed by atoms with E-state index in [0.29, 0.717) is 0 Å². The third-order valence-corrected chi connectivity index (χ3v) is 4.09. The molecule has 1 aromatic heterocycles. The van der Waals surface area contributed by atoms with E-state index < -0.39 is 0 Å². The van der Waals surface area contributed by atoms with E-state index in [1.54, 1.807) is 7.11 Å². The lowest BCUT2D eigenvalue weighted by Crippen LogP contribution is -1.92. The third-order valence-electron chi connectivity index (χ3n) is 3.18. The Morgan fingerprint density at radius 2 is 2.11 bits per heavy atom. The first-order valence-corrected chi connectivity index (χ1v) is 6.73. The summed E-state index contributed by atoms with van der Waals surface area (Å²) in [5, 5.41) is 0. The molecule has 2 rings (SSSR count). The topological polar surface area (TPSA) is 27.1 Å². The molecule has 0 unspecified atom stereocenters. The van der Waals surface area contributed by atoms with Gasteiger partial charge in [0.2, 0.25) is 0 Å². The maximum Gasteiger partial charge on any atom is 0.122 e. The summed E-state index contributed by atoms with van der Waals surface area (Å²) in [5.41, 5.74) is 3.29. The molecule has 18 heavy (non-hydrogen) atoms. The summed E-state index contributed by atoms with van der Waals surface area (Å²) in [7, 11) is 3.70. The van der Waals surface area contributed by atoms with Crippen LogP contribution in [0.3, 0.4) is 0 Å². The normalized spacial score (nSPS) is 10.7. The van der Waals surface area contributed by atoms with Gasteiger partial charge in [0.15, 0.2) is 0 Å². The number of rotatable bonds is 3. The maximum atomic E-state index is 5.35. The van der Waals surface area contributed by atoms with E-state index in [1.807, 2.05) is 30.7 Å². The molecule has 96 valence electrons. The summed E-state index contributed by atoms with van der Waals surface area (Å²) in [6.07, 6.45) is 0.945. The SMILES string of the molecule is CCc1cc(-c2nc(C)n(C)c2Br)ccc1OC. The minimum absolute atomic E-state index is 0.935. The molecular formula is C14H17BrN2O. The van der Waals surface area contributed by atoms with E-state index in [2.05, 4.69) is 33.9 Å². The van der Waals surface area contributed by atoms with Gasteiger partial charge < -0.3 is 9.30 Å². The molecule has 0 aliphatic heterocycles. The molecule has 0 saturated heterocycles. The number of ether oxygens (including phenoxy) is 1. The largest absolute Gasteiger partial charge is 0.496 e. The molecule has 1 aromatic carbocycles. The van der Waals surface area contributed by atoms with Crippen LogP contribution in [0.2, 0.25) is 0 Å². The van der Waals surface area contributed by atoms with Crippen LogP contribution in [-0.4, -0.2) is 16.7 Å². The van der Waals surface area contributed by atoms with Crippen LogP contribution in [0, 0.1) is 6.92 Å². The van der Waals surface area contributed by atoms with Crippen molar-refractivity contribution >= 4 is 15.9 Å². The predicted octanol–water partition coefficient (Wildman–Crippen LogP) is 3.73. The smallest absolute Gasteiger partial charge is 0.122 e. The fourth-order valence-corrected chi connectivity index (χ4v) is 2.54. The van der Waals surface area contributed by atoms with Crippen LogP contribution in [0.4, 0.5) is 0 Å². The highest BCUT2D eigenvalue weighted by Gasteiger charge is 2.13. The lowest BCUT2D eigenvalue weighted by Gasteiger charge is -2.08. The average molecular weight is 309 g/mol. The second-order valence-corrected chi connectivity index (χ2v) is 4.99. The molecule has 0 amide bonds. The van der Waals surface area contributed by atoms with Gasteiger partial charge in [0, 0.05) is 12.6 Å². The minimum atomic E-state index is 0.935. The summed E-state index contributed by atoms with van der Waals surface area (Å²) in [6, 6.07) is 6.19. The van der Waals surface area contributed by atoms with Crippen molar-refractivity contribution in [1.82, 2.24) is 9.55 Å². The second-order valence-electron chi connectivity index (χ2n) is 4.24. The van der Waals surface area contributed by atoms with Gasteiger partial charge in [-0.15, -0.1) is 0 Å². The maximum absolute atomic E-state index is 5.35. The van der Waals surface area contributed by atoms with Crippen LogP contribution in [0.15, 0.2) is 22.8 Å². The van der Waals surface area contributed by atoms with Gasteiger partial charge >= 0.3 is 0 Å². The zero-order valence-corrected chi connectivity index (χ0v) is 12.7. The first-order chi connectivity index (χ1) is 8.58. The lowest BCUT2D eigenvalue weighted by molar-refractivity contribution is 0.410. The molecule has 0 aliphatic carbocycles. The zero-order valence-electron chi connectivity index (χ0n) is 11.1. The van der Waals surface area contributed by atoms with Crippen LogP contribution in [-0.2, 0) is 13.5 Å². The van der Waals surface area contributed by atoms with Gasteiger partial charge in [0.05, 0.1) is 7.11 Å². The highest BCUT2D eigenvalue weighted by Crippen LogP contribution is 2.31. The second kappa shape index (κ2) is 5.14. The van der Waals surface area contributed by atoms with Crippen molar-refractivity contribution < 1.29 is 4.74 Å². The Kier molecular flexibility index (Phi) is 3.76. The van der Waals surface area contributed by atoms with E-state index in [-0.39, 0.29) is 0 Å². The number of aromatic nitrogens is 2. The van der Waals surface area contributed by atoms with Crippen molar-refractivity contribution in [2.45, 2.75) is 20.3 Å². The fourth-order valence-electron chi connectivity index (χ4n) is 1.97. The molecule has 0 fully saturated rings. The Morgan fingerprint density at radius 1 is 1.39 bits per heavy atom. The monoisotopic (exact) mass is 308 g/mol. The summed E-state index contributed by atoms with van der Waals surface area (Å²) in [6.45, 7) is 4.12. The molecule has 0 aliphatic rings. The van der Waals surface area contributed by atoms with Crippen LogP contribution in [0.5, 0.6) is 5.75 Å². The molecule has 2 aromatic rings. The van der Waals surface area contributed by atoms with E-state index in [9.17, 15) is 0 Å². The summed E-state index contributed by atoms with van der Waals surface area (Å²) in [5.74, 6) is 1.93. The van der Waals surface area contributed by atoms with Crippen molar-refractivity contribution in [2.24, 2.45) is 7.05 Å². The fraction of sp³-hybridized carbons (Fsp3) is 0.357. The molecule has 4 heteroatoms. The van der Waals surface area contributed by atoms with Crippen molar-refractivity contribution in [3.05, 3.63) is 34.2 Å². The Morgan fingerprint density at radius 3 is 2.61 bits per heavy atom. The molecule has 1 heterocycles. The van der Waals surface area contributed by atoms with Crippen molar-refractivity contribution in [1.29, 1.82) is 0 Å². The summed E-state index contributed by atoms with van der Waals surface area (Å²) in [4.78, 5) is 4.59. The van der Waals surface area contributed by atoms with E-state index in [0.717, 1.165) is 33.9 Å². The zero-order chi connectivity index (χ0) is 13.3. The number of halogens is 1. The van der Waals surface area contributed by atoms with Crippen molar-refractivity contribution in [3.8, 4) is 17.0 Å². The van der Waals surface area contributed by atoms with Gasteiger partial charge in [-0.2, -0.15) is 0 Å². The van der Waals surface area contributed by atoms with Crippen LogP contribution < -0.4 is 4.74 Å². The van der Waals surface area contributed by atoms with E-state index in [1.165, 1.54) is 5.56 Å². The number of hydrogen-bond acceptors (Lipinski definition) is 2. The van der Waals surface area contributed by atoms with E-state index in [4.69, 9.17) is 4.74 Å². The Bertz CT molecular complexity index is 575. The minimum Gasteiger partial charge on any atom is -0.496 e. The standard InChI is InChI=1S/C14H17BrN2O/c1-5-10-8-11(6-7-12(10)18-4)13-14(15)17(3)9(2)16-13/h6-8H,5H2,1-4H3. The van der Waals surface area contributed by atoms with Gasteiger partial charge in [0.25, 0.3) is 0 Å². The van der Waals surface area contributed by atoms with Gasteiger partial charge in [-0.25, -0.2) is 4.98 Å². The third kappa shape index (κ3) is 2.17. The van der Waals surface area contributed by atoms with Gasteiger partial charge in [0.1, 0.15) is 21.9 Å². The number of hydrogen-bond donors (Lipinski definition) is 0. The number of imidazole rings is 1. The number of methoxy groups -OCH3 is 1. The molecule has 0 spiro atoms. The number of aryl methyl sites for hydroxylation is 2. The Balaban J connectivity index is 2.54. The molecule has 3 nitrogen and oxygen atoms in total. The molecule has 0 saturated carbocycles. The first kappa shape index (κ1) is 13.1. The lowest BCUT2D eigenvalue weighted by atomic mass is 10.1. The molecule has 0 atom stereocenters. The van der Waals surface area contributed by atoms with Crippen molar-refractivity contribution in [3.63, 3.8) is 0 Å². The summed E-state index contributed by atoms with van der Waals surface area (Å²) < 4.78 is 8.39. The number of nitrogens with zero attached hydrogens (tertiary/aromatic N) is 2. The predicted molar refractivity (Wildman–Crippen MR) is 77.0 cm³/mol. The van der Waals surface area contributed by atoms with E-state index >= 15 is 0 Å². The highest BCUT2D eigenvalue weighted by atomic mass is 79.9. The highest BCUT2D eigenvalue weighted by molar-refractivity contribution is 9.10. The molecule has 0 radical (unpaired) electrons. The average Bonchev–Trinajstić information content (AvgIpc) is 2.65. The quantitative estimate of drug-likeness (QED) is 0.864. The molecular weight excluding hydrogens is 292 g/mol. The molecule has 0 N–H and O–H groups in total. The van der Waals surface area contributed by atoms with Crippen LogP contribution >= 0.6 is 15.9 Å². The Labute approximate surface area is 116 Å². The Hall–Kier alpha value is -1.29. The van der Waals surface area contributed by atoms with Gasteiger partial charge in [-0.1, -0.05) is 6.92 Å². The van der Waals surface area contributed by atoms with Gasteiger partial charge in [-0.05, 0) is 53.0 Å². The summed E-state index contributed by atoms with van der Waals surface area (Å²) >= 11 is 3.59.